The fraction of sp³-hybridized carbons (Fsp3) is 0.100. The van der Waals surface area contributed by atoms with Gasteiger partial charge in [-0.15, -0.1) is 5.56 Å². The van der Waals surface area contributed by atoms with Crippen LogP contribution in [0, 0.1) is 13.3 Å². The third-order valence-corrected chi connectivity index (χ3v) is 2.00. The fourth-order valence-corrected chi connectivity index (χ4v) is 1.31. The van der Waals surface area contributed by atoms with Crippen molar-refractivity contribution in [1.82, 2.24) is 20.5 Å². The minimum atomic E-state index is 0. The number of benzene rings is 1. The molecule has 1 aromatic carbocycles. The van der Waals surface area contributed by atoms with E-state index in [1.54, 1.807) is 0 Å². The van der Waals surface area contributed by atoms with Crippen LogP contribution in [0.15, 0.2) is 24.3 Å². The average molecular weight is 236 g/mol. The average Bonchev–Trinajstić information content (AvgIpc) is 2.64. The standard InChI is InChI=1S/C10H9N4.V/c1-2-8-5-3-4-6-9(8)14-7-12-13-10(14)11;/h3-6,11H,1-2H2;/q-2;+2. The van der Waals surface area contributed by atoms with Crippen LogP contribution >= 0.6 is 0 Å². The Bertz CT molecular complexity index is 438. The van der Waals surface area contributed by atoms with Crippen LogP contribution in [-0.4, -0.2) is 14.8 Å². The first-order valence-electron chi connectivity index (χ1n) is 4.25. The molecule has 5 heteroatoms. The second-order valence-electron chi connectivity index (χ2n) is 2.84. The Morgan fingerprint density at radius 3 is 2.73 bits per heavy atom. The van der Waals surface area contributed by atoms with Gasteiger partial charge in [-0.25, -0.2) is 5.10 Å². The summed E-state index contributed by atoms with van der Waals surface area (Å²) in [4.78, 5) is 0. The van der Waals surface area contributed by atoms with Gasteiger partial charge in [0.05, 0.1) is 0 Å². The van der Waals surface area contributed by atoms with Gasteiger partial charge in [-0.3, -0.25) is 0 Å². The zero-order valence-electron chi connectivity index (χ0n) is 8.01. The van der Waals surface area contributed by atoms with Crippen molar-refractivity contribution in [3.05, 3.63) is 43.1 Å². The van der Waals surface area contributed by atoms with Crippen molar-refractivity contribution >= 4 is 5.95 Å². The molecule has 1 N–H and O–H groups in total. The van der Waals surface area contributed by atoms with Gasteiger partial charge in [0.1, 0.15) is 5.95 Å². The van der Waals surface area contributed by atoms with Gasteiger partial charge < -0.3 is 17.2 Å². The topological polar surface area (TPSA) is 54.5 Å². The molecule has 2 rings (SSSR count). The molecule has 0 amide bonds. The second kappa shape index (κ2) is 5.00. The quantitative estimate of drug-likeness (QED) is 0.739. The molecule has 2 radical (unpaired) electrons. The molecule has 0 unspecified atom stereocenters. The van der Waals surface area contributed by atoms with Crippen LogP contribution in [0.1, 0.15) is 5.56 Å². The van der Waals surface area contributed by atoms with Gasteiger partial charge >= 0.3 is 18.6 Å². The smallest absolute Gasteiger partial charge is 0.429 e. The van der Waals surface area contributed by atoms with Crippen LogP contribution in [0.25, 0.3) is 5.69 Å². The minimum absolute atomic E-state index is 0. The molecule has 4 nitrogen and oxygen atoms in total. The van der Waals surface area contributed by atoms with E-state index in [9.17, 15) is 0 Å². The summed E-state index contributed by atoms with van der Waals surface area (Å²) in [5.74, 6) is 0.0888. The molecule has 1 heterocycles. The van der Waals surface area contributed by atoms with Crippen LogP contribution in [-0.2, 0) is 25.0 Å². The Hall–Kier alpha value is -1.26. The van der Waals surface area contributed by atoms with Gasteiger partial charge in [0.25, 0.3) is 0 Å². The molecule has 15 heavy (non-hydrogen) atoms. The van der Waals surface area contributed by atoms with Crippen molar-refractivity contribution in [2.24, 2.45) is 0 Å². The van der Waals surface area contributed by atoms with Crippen molar-refractivity contribution < 1.29 is 18.6 Å². The summed E-state index contributed by atoms with van der Waals surface area (Å²) in [6.45, 7) is 3.83. The Labute approximate surface area is 100 Å². The molecule has 0 fully saturated rings. The van der Waals surface area contributed by atoms with E-state index < -0.39 is 0 Å². The van der Waals surface area contributed by atoms with Crippen molar-refractivity contribution in [3.8, 4) is 5.69 Å². The molecule has 0 saturated carbocycles. The first-order chi connectivity index (χ1) is 6.83. The number of rotatable bonds is 2. The number of aromatic nitrogens is 3. The Balaban J connectivity index is 0.00000112. The molecule has 0 saturated heterocycles. The molecule has 0 spiro atoms. The van der Waals surface area contributed by atoms with Crippen molar-refractivity contribution in [2.45, 2.75) is 6.42 Å². The van der Waals surface area contributed by atoms with E-state index in [0.717, 1.165) is 11.3 Å². The number of nitrogens with zero attached hydrogens (tertiary/aromatic N) is 3. The van der Waals surface area contributed by atoms with E-state index in [1.807, 2.05) is 24.3 Å². The van der Waals surface area contributed by atoms with Crippen LogP contribution < -0.4 is 5.73 Å². The maximum Gasteiger partial charge on any atom is 2.00 e. The first kappa shape index (κ1) is 11.8. The van der Waals surface area contributed by atoms with E-state index in [4.69, 9.17) is 5.73 Å². The predicted molar refractivity (Wildman–Crippen MR) is 52.0 cm³/mol. The number of para-hydroxylation sites is 1. The summed E-state index contributed by atoms with van der Waals surface area (Å²) in [6.07, 6.45) is 3.30. The predicted octanol–water partition coefficient (Wildman–Crippen LogP) is 1.36. The van der Waals surface area contributed by atoms with Gasteiger partial charge in [-0.2, -0.15) is 11.5 Å². The van der Waals surface area contributed by atoms with Gasteiger partial charge in [0.2, 0.25) is 0 Å². The van der Waals surface area contributed by atoms with E-state index in [-0.39, 0.29) is 24.5 Å². The fourth-order valence-electron chi connectivity index (χ4n) is 1.31. The van der Waals surface area contributed by atoms with Crippen molar-refractivity contribution in [2.75, 3.05) is 0 Å². The summed E-state index contributed by atoms with van der Waals surface area (Å²) >= 11 is 0. The van der Waals surface area contributed by atoms with Crippen LogP contribution in [0.4, 0.5) is 5.95 Å². The SMILES string of the molecule is [CH2-]Cc1ccccc1-n1[c-]nnc1[NH].[V+2]. The van der Waals surface area contributed by atoms with Crippen LogP contribution in [0.3, 0.4) is 0 Å². The Kier molecular flexibility index (Phi) is 3.94. The molecule has 0 aliphatic heterocycles. The monoisotopic (exact) mass is 236 g/mol. The molecule has 74 valence electrons. The third kappa shape index (κ3) is 2.22. The second-order valence-corrected chi connectivity index (χ2v) is 2.84. The molecule has 0 atom stereocenters. The summed E-state index contributed by atoms with van der Waals surface area (Å²) < 4.78 is 1.51. The van der Waals surface area contributed by atoms with Gasteiger partial charge in [-0.1, -0.05) is 30.0 Å². The molecule has 0 aliphatic rings. The largest absolute Gasteiger partial charge is 2.00 e. The Morgan fingerprint density at radius 1 is 1.40 bits per heavy atom. The molecular formula is C10H9N4V. The minimum Gasteiger partial charge on any atom is -0.429 e. The summed E-state index contributed by atoms with van der Waals surface area (Å²) in [7, 11) is 0. The molecule has 0 aliphatic carbocycles. The number of nitrogens with one attached hydrogen (secondary N) is 1. The van der Waals surface area contributed by atoms with E-state index in [2.05, 4.69) is 23.4 Å². The zero-order valence-corrected chi connectivity index (χ0v) is 9.41. The Morgan fingerprint density at radius 2 is 2.13 bits per heavy atom. The van der Waals surface area contributed by atoms with E-state index >= 15 is 0 Å². The maximum absolute atomic E-state index is 7.50. The van der Waals surface area contributed by atoms with Crippen molar-refractivity contribution in [1.29, 1.82) is 0 Å². The first-order valence-corrected chi connectivity index (χ1v) is 4.25. The normalized spacial score (nSPS) is 9.67. The molecule has 1 aromatic heterocycles. The van der Waals surface area contributed by atoms with Crippen molar-refractivity contribution in [3.63, 3.8) is 0 Å². The van der Waals surface area contributed by atoms with Gasteiger partial charge in [0.15, 0.2) is 0 Å². The van der Waals surface area contributed by atoms with E-state index in [0.29, 0.717) is 6.42 Å². The molecular weight excluding hydrogens is 227 g/mol. The van der Waals surface area contributed by atoms with Crippen LogP contribution in [0.5, 0.6) is 0 Å². The summed E-state index contributed by atoms with van der Waals surface area (Å²) in [5, 5.41) is 7.13. The third-order valence-electron chi connectivity index (χ3n) is 2.00. The van der Waals surface area contributed by atoms with E-state index in [1.165, 1.54) is 4.57 Å². The van der Waals surface area contributed by atoms with Crippen LogP contribution in [0.2, 0.25) is 0 Å². The zero-order chi connectivity index (χ0) is 9.97. The molecule has 2 aromatic rings. The summed E-state index contributed by atoms with van der Waals surface area (Å²) in [5.41, 5.74) is 9.42. The molecule has 0 bridgehead atoms. The number of hydrogen-bond acceptors (Lipinski definition) is 2. The van der Waals surface area contributed by atoms with Gasteiger partial charge in [0, 0.05) is 6.33 Å². The van der Waals surface area contributed by atoms with Gasteiger partial charge in [-0.05, 0) is 0 Å². The maximum atomic E-state index is 7.50. The number of hydrogen-bond donors (Lipinski definition) is 0. The summed E-state index contributed by atoms with van der Waals surface area (Å²) in [6, 6.07) is 7.72.